The molecule has 1 rings (SSSR count). The van der Waals surface area contributed by atoms with Gasteiger partial charge in [-0.2, -0.15) is 0 Å². The largest absolute Gasteiger partial charge is 0.369 e. The maximum Gasteiger partial charge on any atom is 0.231 e. The highest BCUT2D eigenvalue weighted by Crippen LogP contribution is 2.23. The molecule has 0 aliphatic rings. The van der Waals surface area contributed by atoms with E-state index in [4.69, 9.17) is 5.73 Å². The minimum Gasteiger partial charge on any atom is -0.369 e. The molecule has 0 radical (unpaired) electrons. The Morgan fingerprint density at radius 1 is 1.29 bits per heavy atom. The molecular formula is C14H22N2O. The van der Waals surface area contributed by atoms with Crippen LogP contribution >= 0.6 is 0 Å². The molecule has 0 saturated carbocycles. The number of primary amides is 1. The van der Waals surface area contributed by atoms with Crippen molar-refractivity contribution in [3.63, 3.8) is 0 Å². The highest BCUT2D eigenvalue weighted by Gasteiger charge is 2.13. The van der Waals surface area contributed by atoms with Crippen molar-refractivity contribution in [3.05, 3.63) is 35.4 Å². The third-order valence-corrected chi connectivity index (χ3v) is 2.86. The van der Waals surface area contributed by atoms with E-state index in [-0.39, 0.29) is 23.9 Å². The van der Waals surface area contributed by atoms with Crippen LogP contribution < -0.4 is 11.1 Å². The Hall–Kier alpha value is -1.35. The molecule has 1 aromatic carbocycles. The predicted octanol–water partition coefficient (Wildman–Crippen LogP) is 2.12. The van der Waals surface area contributed by atoms with Gasteiger partial charge in [-0.25, -0.2) is 0 Å². The Labute approximate surface area is 103 Å². The monoisotopic (exact) mass is 234 g/mol. The van der Waals surface area contributed by atoms with Crippen molar-refractivity contribution in [1.29, 1.82) is 0 Å². The van der Waals surface area contributed by atoms with Gasteiger partial charge < -0.3 is 11.1 Å². The third kappa shape index (κ3) is 4.19. The van der Waals surface area contributed by atoms with E-state index >= 15 is 0 Å². The van der Waals surface area contributed by atoms with Crippen LogP contribution in [0.15, 0.2) is 24.3 Å². The first-order chi connectivity index (χ1) is 7.80. The van der Waals surface area contributed by atoms with Crippen LogP contribution in [0, 0.1) is 0 Å². The van der Waals surface area contributed by atoms with Gasteiger partial charge >= 0.3 is 0 Å². The summed E-state index contributed by atoms with van der Waals surface area (Å²) in [6.07, 6.45) is 0. The van der Waals surface area contributed by atoms with Gasteiger partial charge in [0, 0.05) is 6.04 Å². The van der Waals surface area contributed by atoms with Gasteiger partial charge in [-0.1, -0.05) is 45.0 Å². The molecule has 0 aliphatic carbocycles. The highest BCUT2D eigenvalue weighted by atomic mass is 16.1. The molecule has 1 amide bonds. The van der Waals surface area contributed by atoms with Gasteiger partial charge in [-0.05, 0) is 23.5 Å². The van der Waals surface area contributed by atoms with E-state index in [2.05, 4.69) is 50.4 Å². The molecule has 3 nitrogen and oxygen atoms in total. The third-order valence-electron chi connectivity index (χ3n) is 2.86. The lowest BCUT2D eigenvalue weighted by atomic mass is 9.86. The quantitative estimate of drug-likeness (QED) is 0.838. The van der Waals surface area contributed by atoms with Crippen LogP contribution in [0.1, 0.15) is 44.9 Å². The number of hydrogen-bond acceptors (Lipinski definition) is 2. The van der Waals surface area contributed by atoms with Crippen molar-refractivity contribution in [2.45, 2.75) is 39.2 Å². The standard InChI is InChI=1S/C14H22N2O/c1-10(16-9-13(15)17)11-5-7-12(8-6-11)14(2,3)4/h5-8,10,16H,9H2,1-4H3,(H2,15,17). The Morgan fingerprint density at radius 3 is 2.24 bits per heavy atom. The molecule has 3 N–H and O–H groups in total. The summed E-state index contributed by atoms with van der Waals surface area (Å²) < 4.78 is 0. The molecule has 1 atom stereocenters. The van der Waals surface area contributed by atoms with Crippen LogP contribution in [0.25, 0.3) is 0 Å². The minimum atomic E-state index is -0.330. The van der Waals surface area contributed by atoms with E-state index in [0.29, 0.717) is 0 Å². The number of hydrogen-bond donors (Lipinski definition) is 2. The number of carbonyl (C=O) groups is 1. The van der Waals surface area contributed by atoms with Crippen LogP contribution in [-0.4, -0.2) is 12.5 Å². The number of benzene rings is 1. The highest BCUT2D eigenvalue weighted by molar-refractivity contribution is 5.75. The van der Waals surface area contributed by atoms with Gasteiger partial charge in [0.05, 0.1) is 6.54 Å². The van der Waals surface area contributed by atoms with Gasteiger partial charge in [0.2, 0.25) is 5.91 Å². The molecule has 0 saturated heterocycles. The van der Waals surface area contributed by atoms with Gasteiger partial charge in [-0.3, -0.25) is 4.79 Å². The van der Waals surface area contributed by atoms with Crippen LogP contribution in [-0.2, 0) is 10.2 Å². The minimum absolute atomic E-state index is 0.136. The summed E-state index contributed by atoms with van der Waals surface area (Å²) in [7, 11) is 0. The molecule has 1 aromatic rings. The molecule has 1 unspecified atom stereocenters. The van der Waals surface area contributed by atoms with Crippen molar-refractivity contribution in [2.75, 3.05) is 6.54 Å². The van der Waals surface area contributed by atoms with E-state index in [0.717, 1.165) is 0 Å². The van der Waals surface area contributed by atoms with Gasteiger partial charge in [0.25, 0.3) is 0 Å². The van der Waals surface area contributed by atoms with Crippen molar-refractivity contribution >= 4 is 5.91 Å². The summed E-state index contributed by atoms with van der Waals surface area (Å²) in [6.45, 7) is 8.81. The molecule has 0 aliphatic heterocycles. The van der Waals surface area contributed by atoms with E-state index in [1.807, 2.05) is 6.92 Å². The lowest BCUT2D eigenvalue weighted by molar-refractivity contribution is -0.117. The second kappa shape index (κ2) is 5.32. The summed E-state index contributed by atoms with van der Waals surface area (Å²) in [5, 5.41) is 3.08. The van der Waals surface area contributed by atoms with E-state index in [9.17, 15) is 4.79 Å². The predicted molar refractivity (Wildman–Crippen MR) is 70.8 cm³/mol. The SMILES string of the molecule is CC(NCC(N)=O)c1ccc(C(C)(C)C)cc1. The average molecular weight is 234 g/mol. The summed E-state index contributed by atoms with van der Waals surface area (Å²) >= 11 is 0. The van der Waals surface area contributed by atoms with Crippen LogP contribution in [0.2, 0.25) is 0 Å². The number of amides is 1. The lowest BCUT2D eigenvalue weighted by Gasteiger charge is -2.20. The number of nitrogens with two attached hydrogens (primary N) is 1. The van der Waals surface area contributed by atoms with Crippen LogP contribution in [0.4, 0.5) is 0 Å². The Kier molecular flexibility index (Phi) is 4.29. The zero-order valence-corrected chi connectivity index (χ0v) is 11.1. The summed E-state index contributed by atoms with van der Waals surface area (Å²) in [5.74, 6) is -0.330. The molecule has 0 spiro atoms. The molecular weight excluding hydrogens is 212 g/mol. The maximum absolute atomic E-state index is 10.7. The van der Waals surface area contributed by atoms with Crippen LogP contribution in [0.5, 0.6) is 0 Å². The second-order valence-electron chi connectivity index (χ2n) is 5.44. The summed E-state index contributed by atoms with van der Waals surface area (Å²) in [4.78, 5) is 10.7. The Morgan fingerprint density at radius 2 is 1.82 bits per heavy atom. The first-order valence-corrected chi connectivity index (χ1v) is 5.93. The molecule has 0 bridgehead atoms. The smallest absolute Gasteiger partial charge is 0.231 e. The molecule has 0 heterocycles. The number of rotatable bonds is 4. The zero-order valence-electron chi connectivity index (χ0n) is 11.1. The second-order valence-corrected chi connectivity index (χ2v) is 5.44. The van der Waals surface area contributed by atoms with Gasteiger partial charge in [-0.15, -0.1) is 0 Å². The van der Waals surface area contributed by atoms with E-state index in [1.165, 1.54) is 11.1 Å². The molecule has 17 heavy (non-hydrogen) atoms. The topological polar surface area (TPSA) is 55.1 Å². The average Bonchev–Trinajstić information content (AvgIpc) is 2.25. The van der Waals surface area contributed by atoms with Crippen molar-refractivity contribution in [1.82, 2.24) is 5.32 Å². The summed E-state index contributed by atoms with van der Waals surface area (Å²) in [6, 6.07) is 8.60. The fourth-order valence-corrected chi connectivity index (χ4v) is 1.64. The lowest BCUT2D eigenvalue weighted by Crippen LogP contribution is -2.30. The molecule has 3 heteroatoms. The molecule has 94 valence electrons. The normalized spacial score (nSPS) is 13.4. The van der Waals surface area contributed by atoms with E-state index in [1.54, 1.807) is 0 Å². The van der Waals surface area contributed by atoms with Crippen molar-refractivity contribution in [2.24, 2.45) is 5.73 Å². The van der Waals surface area contributed by atoms with Crippen LogP contribution in [0.3, 0.4) is 0 Å². The molecule has 0 fully saturated rings. The van der Waals surface area contributed by atoms with Gasteiger partial charge in [0.1, 0.15) is 0 Å². The maximum atomic E-state index is 10.7. The summed E-state index contributed by atoms with van der Waals surface area (Å²) in [5.41, 5.74) is 7.74. The molecule has 0 aromatic heterocycles. The van der Waals surface area contributed by atoms with Crippen molar-refractivity contribution in [3.8, 4) is 0 Å². The first-order valence-electron chi connectivity index (χ1n) is 5.93. The first kappa shape index (κ1) is 13.7. The van der Waals surface area contributed by atoms with E-state index < -0.39 is 0 Å². The van der Waals surface area contributed by atoms with Gasteiger partial charge in [0.15, 0.2) is 0 Å². The Bertz CT molecular complexity index is 376. The number of nitrogens with one attached hydrogen (secondary N) is 1. The zero-order chi connectivity index (χ0) is 13.1. The number of carbonyl (C=O) groups excluding carboxylic acids is 1. The van der Waals surface area contributed by atoms with Crippen molar-refractivity contribution < 1.29 is 4.79 Å². The Balaban J connectivity index is 2.70. The fraction of sp³-hybridized carbons (Fsp3) is 0.500. The fourth-order valence-electron chi connectivity index (χ4n) is 1.64.